The second-order valence-corrected chi connectivity index (χ2v) is 3.10. The number of anilines is 1. The van der Waals surface area contributed by atoms with Crippen LogP contribution in [-0.2, 0) is 14.3 Å². The van der Waals surface area contributed by atoms with Gasteiger partial charge in [0.1, 0.15) is 6.61 Å². The van der Waals surface area contributed by atoms with Gasteiger partial charge in [-0.05, 0) is 24.6 Å². The van der Waals surface area contributed by atoms with Crippen LogP contribution in [0.15, 0.2) is 24.3 Å². The molecule has 0 bridgehead atoms. The molecule has 1 aromatic carbocycles. The van der Waals surface area contributed by atoms with Gasteiger partial charge in [-0.1, -0.05) is 12.1 Å². The van der Waals surface area contributed by atoms with Crippen LogP contribution >= 0.6 is 0 Å². The SMILES string of the molecule is Cc1cccc(N(C=O)CCOC=O)c1. The zero-order valence-corrected chi connectivity index (χ0v) is 8.55. The molecular formula is C11H13NO3. The van der Waals surface area contributed by atoms with Crippen LogP contribution in [0.25, 0.3) is 0 Å². The second-order valence-electron chi connectivity index (χ2n) is 3.10. The van der Waals surface area contributed by atoms with Crippen molar-refractivity contribution in [3.05, 3.63) is 29.8 Å². The van der Waals surface area contributed by atoms with Gasteiger partial charge in [0, 0.05) is 5.69 Å². The Labute approximate surface area is 88.5 Å². The van der Waals surface area contributed by atoms with Gasteiger partial charge in [-0.15, -0.1) is 0 Å². The molecule has 0 radical (unpaired) electrons. The first-order chi connectivity index (χ1) is 7.27. The average Bonchev–Trinajstić information content (AvgIpc) is 2.24. The predicted octanol–water partition coefficient (Wildman–Crippen LogP) is 1.13. The van der Waals surface area contributed by atoms with E-state index in [9.17, 15) is 9.59 Å². The van der Waals surface area contributed by atoms with Crippen molar-refractivity contribution in [3.63, 3.8) is 0 Å². The van der Waals surface area contributed by atoms with Crippen molar-refractivity contribution in [2.24, 2.45) is 0 Å². The Morgan fingerprint density at radius 3 is 2.80 bits per heavy atom. The van der Waals surface area contributed by atoms with Crippen LogP contribution in [0.2, 0.25) is 0 Å². The van der Waals surface area contributed by atoms with Crippen LogP contribution in [0.5, 0.6) is 0 Å². The topological polar surface area (TPSA) is 46.6 Å². The summed E-state index contributed by atoms with van der Waals surface area (Å²) >= 11 is 0. The minimum Gasteiger partial charge on any atom is -0.466 e. The highest BCUT2D eigenvalue weighted by Gasteiger charge is 2.04. The molecular weight excluding hydrogens is 194 g/mol. The highest BCUT2D eigenvalue weighted by molar-refractivity contribution is 5.75. The molecule has 0 N–H and O–H groups in total. The van der Waals surface area contributed by atoms with Gasteiger partial charge in [-0.25, -0.2) is 0 Å². The number of ether oxygens (including phenoxy) is 1. The summed E-state index contributed by atoms with van der Waals surface area (Å²) in [4.78, 5) is 22.2. The van der Waals surface area contributed by atoms with Crippen LogP contribution in [0, 0.1) is 6.92 Å². The van der Waals surface area contributed by atoms with Crippen LogP contribution in [0.4, 0.5) is 5.69 Å². The highest BCUT2D eigenvalue weighted by atomic mass is 16.5. The molecule has 1 amide bonds. The predicted molar refractivity (Wildman–Crippen MR) is 56.6 cm³/mol. The van der Waals surface area contributed by atoms with Crippen molar-refractivity contribution in [1.82, 2.24) is 0 Å². The molecule has 0 heterocycles. The summed E-state index contributed by atoms with van der Waals surface area (Å²) < 4.78 is 4.54. The Balaban J connectivity index is 2.65. The van der Waals surface area contributed by atoms with Crippen molar-refractivity contribution in [3.8, 4) is 0 Å². The van der Waals surface area contributed by atoms with Gasteiger partial charge < -0.3 is 9.64 Å². The summed E-state index contributed by atoms with van der Waals surface area (Å²) in [6.07, 6.45) is 0.725. The van der Waals surface area contributed by atoms with Crippen LogP contribution in [0.1, 0.15) is 5.56 Å². The molecule has 1 aromatic rings. The number of carbonyl (C=O) groups excluding carboxylic acids is 2. The molecule has 0 fully saturated rings. The number of carbonyl (C=O) groups is 2. The van der Waals surface area contributed by atoms with Gasteiger partial charge in [-0.3, -0.25) is 9.59 Å². The lowest BCUT2D eigenvalue weighted by atomic mass is 10.2. The second kappa shape index (κ2) is 5.80. The normalized spacial score (nSPS) is 9.40. The third kappa shape index (κ3) is 3.42. The summed E-state index contributed by atoms with van der Waals surface area (Å²) in [5.41, 5.74) is 1.88. The van der Waals surface area contributed by atoms with Crippen LogP contribution in [0.3, 0.4) is 0 Å². The lowest BCUT2D eigenvalue weighted by molar-refractivity contribution is -0.128. The maximum atomic E-state index is 10.8. The van der Waals surface area contributed by atoms with E-state index in [4.69, 9.17) is 0 Å². The van der Waals surface area contributed by atoms with Crippen molar-refractivity contribution in [2.45, 2.75) is 6.92 Å². The average molecular weight is 207 g/mol. The third-order valence-electron chi connectivity index (χ3n) is 1.98. The quantitative estimate of drug-likeness (QED) is 0.519. The fraction of sp³-hybridized carbons (Fsp3) is 0.273. The number of amides is 1. The number of hydrogen-bond acceptors (Lipinski definition) is 3. The van der Waals surface area contributed by atoms with Gasteiger partial charge in [0.25, 0.3) is 6.47 Å². The van der Waals surface area contributed by atoms with Crippen LogP contribution in [-0.4, -0.2) is 26.0 Å². The lowest BCUT2D eigenvalue weighted by Gasteiger charge is -2.16. The highest BCUT2D eigenvalue weighted by Crippen LogP contribution is 2.13. The molecule has 4 heteroatoms. The van der Waals surface area contributed by atoms with E-state index in [0.717, 1.165) is 17.7 Å². The fourth-order valence-electron chi connectivity index (χ4n) is 1.25. The smallest absolute Gasteiger partial charge is 0.293 e. The van der Waals surface area contributed by atoms with Crippen molar-refractivity contribution in [1.29, 1.82) is 0 Å². The molecule has 0 saturated heterocycles. The molecule has 0 unspecified atom stereocenters. The minimum atomic E-state index is 0.205. The summed E-state index contributed by atoms with van der Waals surface area (Å²) in [5.74, 6) is 0. The largest absolute Gasteiger partial charge is 0.466 e. The van der Waals surface area contributed by atoms with Gasteiger partial charge in [0.15, 0.2) is 0 Å². The number of rotatable bonds is 6. The first-order valence-electron chi connectivity index (χ1n) is 4.62. The fourth-order valence-corrected chi connectivity index (χ4v) is 1.25. The Morgan fingerprint density at radius 1 is 1.40 bits per heavy atom. The maximum Gasteiger partial charge on any atom is 0.293 e. The molecule has 4 nitrogen and oxygen atoms in total. The molecule has 0 saturated carbocycles. The zero-order chi connectivity index (χ0) is 11.1. The Bertz CT molecular complexity index is 338. The van der Waals surface area contributed by atoms with E-state index in [2.05, 4.69) is 4.74 Å². The number of nitrogens with zero attached hydrogens (tertiary/aromatic N) is 1. The molecule has 80 valence electrons. The van der Waals surface area contributed by atoms with E-state index >= 15 is 0 Å². The molecule has 0 aliphatic carbocycles. The first kappa shape index (κ1) is 11.2. The first-order valence-corrected chi connectivity index (χ1v) is 4.62. The number of aryl methyl sites for hydroxylation is 1. The van der Waals surface area contributed by atoms with E-state index in [-0.39, 0.29) is 6.61 Å². The maximum absolute atomic E-state index is 10.8. The van der Waals surface area contributed by atoms with Crippen LogP contribution < -0.4 is 4.90 Å². The minimum absolute atomic E-state index is 0.205. The van der Waals surface area contributed by atoms with E-state index in [1.807, 2.05) is 31.2 Å². The molecule has 0 spiro atoms. The molecule has 15 heavy (non-hydrogen) atoms. The van der Waals surface area contributed by atoms with E-state index in [1.54, 1.807) is 0 Å². The Morgan fingerprint density at radius 2 is 2.20 bits per heavy atom. The lowest BCUT2D eigenvalue weighted by Crippen LogP contribution is -2.25. The van der Waals surface area contributed by atoms with Crippen molar-refractivity contribution in [2.75, 3.05) is 18.1 Å². The van der Waals surface area contributed by atoms with Gasteiger partial charge in [0.2, 0.25) is 6.41 Å². The van der Waals surface area contributed by atoms with Gasteiger partial charge in [0.05, 0.1) is 6.54 Å². The van der Waals surface area contributed by atoms with E-state index in [0.29, 0.717) is 13.0 Å². The van der Waals surface area contributed by atoms with Gasteiger partial charge in [-0.2, -0.15) is 0 Å². The summed E-state index contributed by atoms with van der Waals surface area (Å²) in [7, 11) is 0. The Hall–Kier alpha value is -1.84. The molecule has 0 aliphatic heterocycles. The van der Waals surface area contributed by atoms with E-state index in [1.165, 1.54) is 4.90 Å². The number of hydrogen-bond donors (Lipinski definition) is 0. The summed E-state index contributed by atoms with van der Waals surface area (Å²) in [6, 6.07) is 7.56. The molecule has 1 rings (SSSR count). The zero-order valence-electron chi connectivity index (χ0n) is 8.55. The molecule has 0 aliphatic rings. The molecule has 0 aromatic heterocycles. The standard InChI is InChI=1S/C11H13NO3/c1-10-3-2-4-11(7-10)12(8-13)5-6-15-9-14/h2-4,7-9H,5-6H2,1H3. The van der Waals surface area contributed by atoms with Gasteiger partial charge >= 0.3 is 0 Å². The monoisotopic (exact) mass is 207 g/mol. The third-order valence-corrected chi connectivity index (χ3v) is 1.98. The van der Waals surface area contributed by atoms with Crippen molar-refractivity contribution >= 4 is 18.6 Å². The summed E-state index contributed by atoms with van der Waals surface area (Å²) in [5, 5.41) is 0. The number of benzene rings is 1. The Kier molecular flexibility index (Phi) is 4.34. The van der Waals surface area contributed by atoms with Crippen molar-refractivity contribution < 1.29 is 14.3 Å². The summed E-state index contributed by atoms with van der Waals surface area (Å²) in [6.45, 7) is 2.90. The molecule has 0 atom stereocenters. The van der Waals surface area contributed by atoms with E-state index < -0.39 is 0 Å².